The van der Waals surface area contributed by atoms with E-state index in [1.165, 1.54) is 11.4 Å². The molecule has 1 aliphatic rings. The van der Waals surface area contributed by atoms with Crippen molar-refractivity contribution >= 4 is 15.9 Å². The molecule has 122 valence electrons. The first-order valence-corrected chi connectivity index (χ1v) is 8.95. The number of hydrogen-bond donors (Lipinski definition) is 0. The second-order valence-electron chi connectivity index (χ2n) is 5.15. The number of rotatable bonds is 5. The molecule has 0 bridgehead atoms. The number of ether oxygens (including phenoxy) is 1. The second kappa shape index (κ2) is 7.21. The first-order valence-electron chi connectivity index (χ1n) is 7.34. The molecule has 1 aromatic carbocycles. The van der Waals surface area contributed by atoms with E-state index < -0.39 is 16.1 Å². The van der Waals surface area contributed by atoms with Gasteiger partial charge in [0.1, 0.15) is 0 Å². The molecule has 1 aromatic rings. The molecule has 1 heterocycles. The first kappa shape index (κ1) is 16.9. The van der Waals surface area contributed by atoms with Crippen molar-refractivity contribution in [1.29, 1.82) is 0 Å². The molecule has 1 saturated heterocycles. The molecular formula is C15H22N2O4S. The molecule has 1 aliphatic heterocycles. The fraction of sp³-hybridized carbons (Fsp3) is 0.533. The van der Waals surface area contributed by atoms with Gasteiger partial charge in [0.25, 0.3) is 5.91 Å². The minimum Gasteiger partial charge on any atom is -0.367 e. The molecule has 0 saturated carbocycles. The van der Waals surface area contributed by atoms with Crippen LogP contribution in [0, 0.1) is 0 Å². The number of piperazine rings is 1. The maximum Gasteiger partial charge on any atom is 0.256 e. The summed E-state index contributed by atoms with van der Waals surface area (Å²) in [5.74, 6) is -0.0340. The molecule has 2 rings (SSSR count). The van der Waals surface area contributed by atoms with Gasteiger partial charge in [0.2, 0.25) is 10.0 Å². The Hall–Kier alpha value is -1.44. The van der Waals surface area contributed by atoms with Crippen molar-refractivity contribution in [2.45, 2.75) is 13.0 Å². The predicted octanol–water partition coefficient (Wildman–Crippen LogP) is 0.868. The zero-order valence-corrected chi connectivity index (χ0v) is 13.8. The van der Waals surface area contributed by atoms with Gasteiger partial charge >= 0.3 is 0 Å². The molecule has 6 nitrogen and oxygen atoms in total. The molecule has 0 N–H and O–H groups in total. The molecule has 7 heteroatoms. The predicted molar refractivity (Wildman–Crippen MR) is 83.8 cm³/mol. The smallest absolute Gasteiger partial charge is 0.256 e. The van der Waals surface area contributed by atoms with Crippen LogP contribution in [0.3, 0.4) is 0 Å². The maximum atomic E-state index is 12.6. The van der Waals surface area contributed by atoms with Crippen molar-refractivity contribution in [3.05, 3.63) is 35.9 Å². The Morgan fingerprint density at radius 1 is 1.18 bits per heavy atom. The van der Waals surface area contributed by atoms with E-state index in [-0.39, 0.29) is 11.7 Å². The van der Waals surface area contributed by atoms with Crippen LogP contribution in [0.15, 0.2) is 30.3 Å². The fourth-order valence-electron chi connectivity index (χ4n) is 2.54. The van der Waals surface area contributed by atoms with Gasteiger partial charge in [-0.1, -0.05) is 30.3 Å². The monoisotopic (exact) mass is 326 g/mol. The lowest BCUT2D eigenvalue weighted by Crippen LogP contribution is -2.52. The van der Waals surface area contributed by atoms with Crippen LogP contribution in [0.5, 0.6) is 0 Å². The summed E-state index contributed by atoms with van der Waals surface area (Å²) in [4.78, 5) is 14.3. The molecular weight excluding hydrogens is 304 g/mol. The van der Waals surface area contributed by atoms with Crippen LogP contribution in [0.1, 0.15) is 18.6 Å². The van der Waals surface area contributed by atoms with Crippen LogP contribution in [0.25, 0.3) is 0 Å². The molecule has 22 heavy (non-hydrogen) atoms. The lowest BCUT2D eigenvalue weighted by atomic mass is 10.1. The second-order valence-corrected chi connectivity index (χ2v) is 7.41. The number of hydrogen-bond acceptors (Lipinski definition) is 4. The van der Waals surface area contributed by atoms with Crippen molar-refractivity contribution in [3.63, 3.8) is 0 Å². The highest BCUT2D eigenvalue weighted by atomic mass is 32.2. The molecule has 0 unspecified atom stereocenters. The van der Waals surface area contributed by atoms with Gasteiger partial charge in [-0.15, -0.1) is 0 Å². The van der Waals surface area contributed by atoms with E-state index in [0.29, 0.717) is 26.2 Å². The number of carbonyl (C=O) groups is 1. The number of carbonyl (C=O) groups excluding carboxylic acids is 1. The third kappa shape index (κ3) is 3.66. The summed E-state index contributed by atoms with van der Waals surface area (Å²) in [7, 11) is -1.68. The van der Waals surface area contributed by atoms with E-state index in [1.807, 2.05) is 30.3 Å². The average molecular weight is 326 g/mol. The van der Waals surface area contributed by atoms with Gasteiger partial charge in [0, 0.05) is 33.3 Å². The van der Waals surface area contributed by atoms with Gasteiger partial charge in [-0.25, -0.2) is 8.42 Å². The minimum atomic E-state index is -3.18. The number of benzene rings is 1. The molecule has 0 aliphatic carbocycles. The van der Waals surface area contributed by atoms with Gasteiger partial charge in [0.05, 0.1) is 5.75 Å². The lowest BCUT2D eigenvalue weighted by molar-refractivity contribution is -0.143. The summed E-state index contributed by atoms with van der Waals surface area (Å²) in [5, 5.41) is 0. The minimum absolute atomic E-state index is 0.0889. The van der Waals surface area contributed by atoms with Crippen molar-refractivity contribution in [2.75, 3.05) is 39.0 Å². The van der Waals surface area contributed by atoms with Gasteiger partial charge in [-0.2, -0.15) is 4.31 Å². The van der Waals surface area contributed by atoms with Crippen LogP contribution in [0.4, 0.5) is 0 Å². The lowest BCUT2D eigenvalue weighted by Gasteiger charge is -2.35. The number of methoxy groups -OCH3 is 1. The van der Waals surface area contributed by atoms with Crippen LogP contribution >= 0.6 is 0 Å². The largest absolute Gasteiger partial charge is 0.367 e. The number of nitrogens with zero attached hydrogens (tertiary/aromatic N) is 2. The zero-order chi connectivity index (χ0) is 16.2. The summed E-state index contributed by atoms with van der Waals surface area (Å²) < 4.78 is 30.5. The molecule has 0 radical (unpaired) electrons. The Balaban J connectivity index is 2.03. The van der Waals surface area contributed by atoms with Crippen molar-refractivity contribution in [1.82, 2.24) is 9.21 Å². The molecule has 0 spiro atoms. The highest BCUT2D eigenvalue weighted by Crippen LogP contribution is 2.20. The van der Waals surface area contributed by atoms with E-state index in [0.717, 1.165) is 5.56 Å². The summed E-state index contributed by atoms with van der Waals surface area (Å²) in [5.41, 5.74) is 0.804. The summed E-state index contributed by atoms with van der Waals surface area (Å²) in [6, 6.07) is 9.31. The summed E-state index contributed by atoms with van der Waals surface area (Å²) in [6.45, 7) is 3.10. The van der Waals surface area contributed by atoms with E-state index in [2.05, 4.69) is 0 Å². The zero-order valence-electron chi connectivity index (χ0n) is 12.9. The van der Waals surface area contributed by atoms with Gasteiger partial charge in [0.15, 0.2) is 6.10 Å². The summed E-state index contributed by atoms with van der Waals surface area (Å²) >= 11 is 0. The van der Waals surface area contributed by atoms with Gasteiger partial charge < -0.3 is 9.64 Å². The van der Waals surface area contributed by atoms with Crippen LogP contribution in [-0.2, 0) is 19.6 Å². The Morgan fingerprint density at radius 2 is 1.77 bits per heavy atom. The SMILES string of the molecule is CCS(=O)(=O)N1CCN(C(=O)[C@H](OC)c2ccccc2)CC1. The normalized spacial score (nSPS) is 18.2. The number of amides is 1. The Bertz CT molecular complexity index is 595. The quantitative estimate of drug-likeness (QED) is 0.805. The fourth-order valence-corrected chi connectivity index (χ4v) is 3.63. The van der Waals surface area contributed by atoms with Crippen molar-refractivity contribution in [2.24, 2.45) is 0 Å². The Labute approximate surface area is 131 Å². The first-order chi connectivity index (χ1) is 10.5. The van der Waals surface area contributed by atoms with Crippen molar-refractivity contribution in [3.8, 4) is 0 Å². The third-order valence-corrected chi connectivity index (χ3v) is 5.75. The maximum absolute atomic E-state index is 12.6. The molecule has 1 fully saturated rings. The van der Waals surface area contributed by atoms with E-state index >= 15 is 0 Å². The molecule has 0 aromatic heterocycles. The molecule has 1 atom stereocenters. The summed E-state index contributed by atoms with van der Waals surface area (Å²) in [6.07, 6.45) is -0.643. The third-order valence-electron chi connectivity index (χ3n) is 3.87. The highest BCUT2D eigenvalue weighted by molar-refractivity contribution is 7.89. The highest BCUT2D eigenvalue weighted by Gasteiger charge is 2.31. The Morgan fingerprint density at radius 3 is 2.27 bits per heavy atom. The van der Waals surface area contributed by atoms with Crippen LogP contribution in [0.2, 0.25) is 0 Å². The Kier molecular flexibility index (Phi) is 5.55. The van der Waals surface area contributed by atoms with E-state index in [4.69, 9.17) is 4.74 Å². The van der Waals surface area contributed by atoms with E-state index in [1.54, 1.807) is 11.8 Å². The standard InChI is InChI=1S/C15H22N2O4S/c1-3-22(19,20)17-11-9-16(10-12-17)15(18)14(21-2)13-7-5-4-6-8-13/h4-8,14H,3,9-12H2,1-2H3/t14-/m1/s1. The van der Waals surface area contributed by atoms with Gasteiger partial charge in [-0.3, -0.25) is 4.79 Å². The van der Waals surface area contributed by atoms with Crippen molar-refractivity contribution < 1.29 is 17.9 Å². The van der Waals surface area contributed by atoms with Crippen LogP contribution < -0.4 is 0 Å². The average Bonchev–Trinajstić information content (AvgIpc) is 2.56. The van der Waals surface area contributed by atoms with Gasteiger partial charge in [-0.05, 0) is 12.5 Å². The number of sulfonamides is 1. The topological polar surface area (TPSA) is 66.9 Å². The molecule has 1 amide bonds. The van der Waals surface area contributed by atoms with Crippen LogP contribution in [-0.4, -0.2) is 62.6 Å². The van der Waals surface area contributed by atoms with E-state index in [9.17, 15) is 13.2 Å².